The van der Waals surface area contributed by atoms with Gasteiger partial charge in [0.15, 0.2) is 17.5 Å². The maximum atomic E-state index is 13.5. The van der Waals surface area contributed by atoms with Crippen LogP contribution in [0.5, 0.6) is 0 Å². The molecule has 0 aromatic heterocycles. The molecule has 1 atom stereocenters. The fraction of sp³-hybridized carbons (Fsp3) is 0.529. The largest absolute Gasteiger partial charge is 0.348 e. The fourth-order valence-corrected chi connectivity index (χ4v) is 2.68. The van der Waals surface area contributed by atoms with Crippen LogP contribution in [-0.2, 0) is 9.59 Å². The van der Waals surface area contributed by atoms with Gasteiger partial charge in [-0.1, -0.05) is 6.92 Å². The average Bonchev–Trinajstić information content (AvgIpc) is 2.62. The van der Waals surface area contributed by atoms with E-state index < -0.39 is 35.0 Å². The summed E-state index contributed by atoms with van der Waals surface area (Å²) in [5.74, 6) is -6.60. The Bertz CT molecular complexity index is 664. The van der Waals surface area contributed by atoms with Gasteiger partial charge in [-0.3, -0.25) is 9.59 Å². The minimum atomic E-state index is -1.70. The maximum absolute atomic E-state index is 13.5. The summed E-state index contributed by atoms with van der Waals surface area (Å²) in [4.78, 5) is 28.1. The second-order valence-electron chi connectivity index (χ2n) is 6.60. The monoisotopic (exact) mass is 372 g/mol. The van der Waals surface area contributed by atoms with E-state index in [9.17, 15) is 22.8 Å². The van der Waals surface area contributed by atoms with Gasteiger partial charge >= 0.3 is 11.8 Å². The number of hydrogen-bond acceptors (Lipinski definition) is 4. The molecule has 0 saturated carbocycles. The van der Waals surface area contributed by atoms with Gasteiger partial charge in [-0.2, -0.15) is 0 Å². The molecule has 1 aliphatic heterocycles. The summed E-state index contributed by atoms with van der Waals surface area (Å²) in [5.41, 5.74) is -0.588. The van der Waals surface area contributed by atoms with E-state index >= 15 is 0 Å². The smallest absolute Gasteiger partial charge is 0.313 e. The lowest BCUT2D eigenvalue weighted by atomic mass is 10.1. The third kappa shape index (κ3) is 5.43. The first kappa shape index (κ1) is 20.2. The number of hydrogen-bond donors (Lipinski definition) is 2. The van der Waals surface area contributed by atoms with E-state index in [0.29, 0.717) is 6.07 Å². The zero-order valence-corrected chi connectivity index (χ0v) is 14.8. The molecule has 26 heavy (non-hydrogen) atoms. The Labute approximate surface area is 150 Å². The standard InChI is InChI=1S/C17H23F3N4O2/c1-11(10-24-7-5-23(2)6-8-24)9-21-16(25)17(26)22-13-4-3-12(18)14(19)15(13)20/h3-4,11H,5-10H2,1-2H3,(H,21,25)(H,22,26). The number of carbonyl (C=O) groups excluding carboxylic acids is 2. The van der Waals surface area contributed by atoms with Gasteiger partial charge in [0.1, 0.15) is 0 Å². The Morgan fingerprint density at radius 1 is 1.08 bits per heavy atom. The maximum Gasteiger partial charge on any atom is 0.313 e. The van der Waals surface area contributed by atoms with E-state index in [4.69, 9.17) is 0 Å². The van der Waals surface area contributed by atoms with Gasteiger partial charge in [0, 0.05) is 39.3 Å². The molecule has 0 bridgehead atoms. The molecule has 1 aromatic rings. The van der Waals surface area contributed by atoms with Crippen LogP contribution in [0.2, 0.25) is 0 Å². The van der Waals surface area contributed by atoms with E-state index in [1.165, 1.54) is 0 Å². The number of amides is 2. The summed E-state index contributed by atoms with van der Waals surface area (Å²) in [7, 11) is 2.06. The summed E-state index contributed by atoms with van der Waals surface area (Å²) in [6, 6.07) is 1.53. The number of piperazine rings is 1. The van der Waals surface area contributed by atoms with Crippen molar-refractivity contribution in [2.45, 2.75) is 6.92 Å². The van der Waals surface area contributed by atoms with Crippen molar-refractivity contribution in [2.24, 2.45) is 5.92 Å². The van der Waals surface area contributed by atoms with Crippen molar-refractivity contribution < 1.29 is 22.8 Å². The molecule has 2 rings (SSSR count). The van der Waals surface area contributed by atoms with Gasteiger partial charge in [0.25, 0.3) is 0 Å². The number of halogens is 3. The Kier molecular flexibility index (Phi) is 6.98. The van der Waals surface area contributed by atoms with Gasteiger partial charge in [-0.05, 0) is 25.1 Å². The number of carbonyl (C=O) groups is 2. The summed E-state index contributed by atoms with van der Waals surface area (Å²) in [6.45, 7) is 6.88. The molecule has 0 aliphatic carbocycles. The topological polar surface area (TPSA) is 64.7 Å². The quantitative estimate of drug-likeness (QED) is 0.599. The lowest BCUT2D eigenvalue weighted by molar-refractivity contribution is -0.136. The van der Waals surface area contributed by atoms with Crippen LogP contribution in [0.4, 0.5) is 18.9 Å². The summed E-state index contributed by atoms with van der Waals surface area (Å²) >= 11 is 0. The predicted molar refractivity (Wildman–Crippen MR) is 91.1 cm³/mol. The molecule has 2 N–H and O–H groups in total. The van der Waals surface area contributed by atoms with Gasteiger partial charge in [-0.15, -0.1) is 0 Å². The van der Waals surface area contributed by atoms with Gasteiger partial charge in [-0.25, -0.2) is 13.2 Å². The second-order valence-corrected chi connectivity index (χ2v) is 6.60. The first-order valence-electron chi connectivity index (χ1n) is 8.41. The number of rotatable bonds is 5. The zero-order valence-electron chi connectivity index (χ0n) is 14.8. The van der Waals surface area contributed by atoms with Crippen molar-refractivity contribution in [1.29, 1.82) is 0 Å². The third-order valence-electron chi connectivity index (χ3n) is 4.27. The first-order chi connectivity index (χ1) is 12.3. The molecule has 9 heteroatoms. The summed E-state index contributed by atoms with van der Waals surface area (Å²) in [6.07, 6.45) is 0. The molecule has 1 fully saturated rings. The minimum absolute atomic E-state index is 0.121. The highest BCUT2D eigenvalue weighted by molar-refractivity contribution is 6.39. The Hall–Kier alpha value is -2.13. The van der Waals surface area contributed by atoms with Crippen LogP contribution >= 0.6 is 0 Å². The van der Waals surface area contributed by atoms with Crippen LogP contribution < -0.4 is 10.6 Å². The van der Waals surface area contributed by atoms with Crippen molar-refractivity contribution in [3.63, 3.8) is 0 Å². The zero-order chi connectivity index (χ0) is 19.3. The highest BCUT2D eigenvalue weighted by Gasteiger charge is 2.20. The first-order valence-corrected chi connectivity index (χ1v) is 8.41. The molecule has 1 aromatic carbocycles. The van der Waals surface area contributed by atoms with Crippen LogP contribution in [0.25, 0.3) is 0 Å². The molecule has 1 heterocycles. The van der Waals surface area contributed by atoms with Crippen molar-refractivity contribution in [1.82, 2.24) is 15.1 Å². The molecule has 0 spiro atoms. The second kappa shape index (κ2) is 9.00. The molecule has 1 saturated heterocycles. The van der Waals surface area contributed by atoms with Crippen molar-refractivity contribution in [2.75, 3.05) is 51.6 Å². The Morgan fingerprint density at radius 3 is 2.38 bits per heavy atom. The number of anilines is 1. The molecular weight excluding hydrogens is 349 g/mol. The Balaban J connectivity index is 1.78. The molecule has 0 radical (unpaired) electrons. The fourth-order valence-electron chi connectivity index (χ4n) is 2.68. The molecule has 6 nitrogen and oxygen atoms in total. The van der Waals surface area contributed by atoms with E-state index in [1.54, 1.807) is 0 Å². The van der Waals surface area contributed by atoms with Crippen LogP contribution in [0, 0.1) is 23.4 Å². The number of nitrogens with one attached hydrogen (secondary N) is 2. The molecule has 144 valence electrons. The van der Waals surface area contributed by atoms with Crippen LogP contribution in [0.15, 0.2) is 12.1 Å². The van der Waals surface area contributed by atoms with E-state index in [-0.39, 0.29) is 12.5 Å². The lowest BCUT2D eigenvalue weighted by Gasteiger charge is -2.33. The van der Waals surface area contributed by atoms with Crippen LogP contribution in [-0.4, -0.2) is 67.9 Å². The van der Waals surface area contributed by atoms with Crippen molar-refractivity contribution >= 4 is 17.5 Å². The summed E-state index contributed by atoms with van der Waals surface area (Å²) < 4.78 is 39.5. The average molecular weight is 372 g/mol. The van der Waals surface area contributed by atoms with Gasteiger partial charge < -0.3 is 20.4 Å². The van der Waals surface area contributed by atoms with Crippen LogP contribution in [0.1, 0.15) is 6.92 Å². The van der Waals surface area contributed by atoms with Crippen molar-refractivity contribution in [3.05, 3.63) is 29.6 Å². The van der Waals surface area contributed by atoms with Gasteiger partial charge in [0.05, 0.1) is 5.69 Å². The number of nitrogens with zero attached hydrogens (tertiary/aromatic N) is 2. The van der Waals surface area contributed by atoms with E-state index in [2.05, 4.69) is 22.2 Å². The molecule has 1 aliphatic rings. The number of benzene rings is 1. The lowest BCUT2D eigenvalue weighted by Crippen LogP contribution is -2.47. The summed E-state index contributed by atoms with van der Waals surface area (Å²) in [5, 5.41) is 4.41. The molecular formula is C17H23F3N4O2. The highest BCUT2D eigenvalue weighted by Crippen LogP contribution is 2.19. The molecule has 1 unspecified atom stereocenters. The SMILES string of the molecule is CC(CNC(=O)C(=O)Nc1ccc(F)c(F)c1F)CN1CCN(C)CC1. The molecule has 2 amide bonds. The van der Waals surface area contributed by atoms with Crippen LogP contribution in [0.3, 0.4) is 0 Å². The van der Waals surface area contributed by atoms with Gasteiger partial charge in [0.2, 0.25) is 0 Å². The van der Waals surface area contributed by atoms with E-state index in [0.717, 1.165) is 38.8 Å². The highest BCUT2D eigenvalue weighted by atomic mass is 19.2. The minimum Gasteiger partial charge on any atom is -0.348 e. The van der Waals surface area contributed by atoms with Crippen molar-refractivity contribution in [3.8, 4) is 0 Å². The predicted octanol–water partition coefficient (Wildman–Crippen LogP) is 1.04. The number of likely N-dealkylation sites (N-methyl/N-ethyl adjacent to an activating group) is 1. The van der Waals surface area contributed by atoms with E-state index in [1.807, 2.05) is 12.2 Å². The normalized spacial score (nSPS) is 17.0. The Morgan fingerprint density at radius 2 is 1.73 bits per heavy atom. The third-order valence-corrected chi connectivity index (χ3v) is 4.27.